The van der Waals surface area contributed by atoms with Gasteiger partial charge in [-0.05, 0) is 35.5 Å². The fourth-order valence-electron chi connectivity index (χ4n) is 2.15. The van der Waals surface area contributed by atoms with Crippen LogP contribution in [0.5, 0.6) is 0 Å². The Morgan fingerprint density at radius 2 is 2.16 bits per heavy atom. The van der Waals surface area contributed by atoms with Gasteiger partial charge < -0.3 is 16.4 Å². The molecule has 0 unspecified atom stereocenters. The molecule has 2 heterocycles. The number of amides is 1. The molecule has 0 bridgehead atoms. The molecule has 10 nitrogen and oxygen atoms in total. The first-order valence-corrected chi connectivity index (χ1v) is 7.16. The summed E-state index contributed by atoms with van der Waals surface area (Å²) in [6.45, 7) is 1.66. The van der Waals surface area contributed by atoms with Crippen LogP contribution in [0, 0.1) is 12.7 Å². The van der Waals surface area contributed by atoms with Gasteiger partial charge >= 0.3 is 0 Å². The van der Waals surface area contributed by atoms with Gasteiger partial charge in [-0.3, -0.25) is 4.79 Å². The Hall–Kier alpha value is -3.63. The Kier molecular flexibility index (Phi) is 4.20. The summed E-state index contributed by atoms with van der Waals surface area (Å²) in [6, 6.07) is 4.31. The van der Waals surface area contributed by atoms with Crippen LogP contribution in [0.2, 0.25) is 0 Å². The molecule has 1 amide bonds. The van der Waals surface area contributed by atoms with Gasteiger partial charge in [0.15, 0.2) is 5.82 Å². The van der Waals surface area contributed by atoms with Crippen molar-refractivity contribution in [3.63, 3.8) is 0 Å². The molecule has 4 N–H and O–H groups in total. The van der Waals surface area contributed by atoms with Gasteiger partial charge in [0.05, 0.1) is 5.56 Å². The van der Waals surface area contributed by atoms with Gasteiger partial charge in [0.1, 0.15) is 17.3 Å². The quantitative estimate of drug-likeness (QED) is 0.618. The molecule has 2 aromatic heterocycles. The van der Waals surface area contributed by atoms with Crippen molar-refractivity contribution in [2.45, 2.75) is 6.92 Å². The average Bonchev–Trinajstić information content (AvgIpc) is 3.02. The highest BCUT2D eigenvalue weighted by Crippen LogP contribution is 2.22. The Labute approximate surface area is 141 Å². The smallest absolute Gasteiger partial charge is 0.254 e. The van der Waals surface area contributed by atoms with Gasteiger partial charge in [-0.2, -0.15) is 9.67 Å². The van der Waals surface area contributed by atoms with Crippen LogP contribution < -0.4 is 16.4 Å². The maximum absolute atomic E-state index is 14.1. The van der Waals surface area contributed by atoms with E-state index in [2.05, 4.69) is 36.1 Å². The van der Waals surface area contributed by atoms with Crippen molar-refractivity contribution in [1.29, 1.82) is 0 Å². The van der Waals surface area contributed by atoms with Gasteiger partial charge in [-0.1, -0.05) is 0 Å². The zero-order valence-electron chi connectivity index (χ0n) is 13.4. The first-order valence-electron chi connectivity index (χ1n) is 7.16. The molecule has 3 aromatic rings. The number of aromatic nitrogens is 6. The summed E-state index contributed by atoms with van der Waals surface area (Å²) >= 11 is 0. The Bertz CT molecular complexity index is 940. The zero-order valence-corrected chi connectivity index (χ0v) is 13.4. The van der Waals surface area contributed by atoms with Gasteiger partial charge in [0.2, 0.25) is 5.95 Å². The molecular weight excluding hydrogens is 329 g/mol. The molecule has 0 saturated heterocycles. The number of rotatable bonds is 5. The van der Waals surface area contributed by atoms with Gasteiger partial charge in [-0.25, -0.2) is 9.37 Å². The topological polar surface area (TPSA) is 137 Å². The lowest BCUT2D eigenvalue weighted by atomic mass is 10.2. The van der Waals surface area contributed by atoms with Crippen molar-refractivity contribution in [2.75, 3.05) is 17.7 Å². The van der Waals surface area contributed by atoms with Crippen LogP contribution in [-0.4, -0.2) is 43.1 Å². The van der Waals surface area contributed by atoms with Crippen LogP contribution in [0.4, 0.5) is 21.8 Å². The molecular formula is C14H14FN9O. The highest BCUT2D eigenvalue weighted by molar-refractivity contribution is 5.97. The number of tetrazole rings is 1. The van der Waals surface area contributed by atoms with E-state index in [4.69, 9.17) is 5.73 Å². The molecule has 0 aliphatic heterocycles. The van der Waals surface area contributed by atoms with E-state index in [0.29, 0.717) is 11.5 Å². The van der Waals surface area contributed by atoms with Gasteiger partial charge in [0.25, 0.3) is 5.91 Å². The van der Waals surface area contributed by atoms with Crippen molar-refractivity contribution in [2.24, 2.45) is 5.73 Å². The van der Waals surface area contributed by atoms with Crippen LogP contribution in [0.15, 0.2) is 24.4 Å². The number of nitrogens with two attached hydrogens (primary N) is 1. The summed E-state index contributed by atoms with van der Waals surface area (Å²) in [5, 5.41) is 16.7. The Balaban J connectivity index is 1.94. The maximum Gasteiger partial charge on any atom is 0.254 e. The van der Waals surface area contributed by atoms with Crippen LogP contribution >= 0.6 is 0 Å². The lowest BCUT2D eigenvalue weighted by Gasteiger charge is -2.10. The van der Waals surface area contributed by atoms with Crippen molar-refractivity contribution in [3.8, 4) is 5.69 Å². The summed E-state index contributed by atoms with van der Waals surface area (Å²) in [6.07, 6.45) is 1.30. The third kappa shape index (κ3) is 3.20. The molecule has 25 heavy (non-hydrogen) atoms. The molecule has 11 heteroatoms. The number of hydrogen-bond acceptors (Lipinski definition) is 8. The third-order valence-electron chi connectivity index (χ3n) is 3.35. The fraction of sp³-hybridized carbons (Fsp3) is 0.143. The van der Waals surface area contributed by atoms with E-state index in [1.54, 1.807) is 14.0 Å². The Morgan fingerprint density at radius 1 is 1.36 bits per heavy atom. The molecule has 0 aliphatic carbocycles. The zero-order chi connectivity index (χ0) is 18.0. The lowest BCUT2D eigenvalue weighted by molar-refractivity contribution is 0.100. The fourth-order valence-corrected chi connectivity index (χ4v) is 2.15. The van der Waals surface area contributed by atoms with E-state index in [0.717, 1.165) is 0 Å². The van der Waals surface area contributed by atoms with E-state index < -0.39 is 11.7 Å². The second kappa shape index (κ2) is 6.47. The van der Waals surface area contributed by atoms with Crippen LogP contribution in [-0.2, 0) is 0 Å². The molecule has 0 aliphatic rings. The first kappa shape index (κ1) is 16.2. The van der Waals surface area contributed by atoms with Gasteiger partial charge in [0, 0.05) is 18.9 Å². The predicted molar refractivity (Wildman–Crippen MR) is 87.2 cm³/mol. The summed E-state index contributed by atoms with van der Waals surface area (Å²) in [5.41, 5.74) is 6.11. The maximum atomic E-state index is 14.1. The van der Waals surface area contributed by atoms with Crippen molar-refractivity contribution >= 4 is 23.4 Å². The van der Waals surface area contributed by atoms with E-state index in [1.807, 2.05) is 0 Å². The monoisotopic (exact) mass is 343 g/mol. The number of hydrogen-bond donors (Lipinski definition) is 3. The summed E-state index contributed by atoms with van der Waals surface area (Å²) < 4.78 is 15.3. The van der Waals surface area contributed by atoms with E-state index in [1.165, 1.54) is 29.1 Å². The highest BCUT2D eigenvalue weighted by Gasteiger charge is 2.13. The summed E-state index contributed by atoms with van der Waals surface area (Å²) in [5.74, 6) is -0.199. The average molecular weight is 343 g/mol. The molecule has 1 aromatic carbocycles. The van der Waals surface area contributed by atoms with E-state index in [9.17, 15) is 9.18 Å². The molecule has 0 atom stereocenters. The minimum Gasteiger partial charge on any atom is -0.372 e. The summed E-state index contributed by atoms with van der Waals surface area (Å²) in [4.78, 5) is 19.5. The number of carbonyl (C=O) groups is 1. The van der Waals surface area contributed by atoms with Gasteiger partial charge in [-0.15, -0.1) is 5.10 Å². The number of anilines is 3. The van der Waals surface area contributed by atoms with Crippen LogP contribution in [0.3, 0.4) is 0 Å². The number of nitrogens with one attached hydrogen (secondary N) is 2. The molecule has 3 rings (SSSR count). The van der Waals surface area contributed by atoms with E-state index >= 15 is 0 Å². The minimum absolute atomic E-state index is 0.164. The minimum atomic E-state index is -0.644. The standard InChI is InChI=1S/C14H14FN9O/c1-7-21-22-23-24(7)11-5-8(3-4-10(11)15)19-14-18-6-9(12(16)25)13(17-2)20-14/h3-6H,1-2H3,(H2,16,25)(H2,17,18,19,20). The third-order valence-corrected chi connectivity index (χ3v) is 3.35. The Morgan fingerprint density at radius 3 is 2.80 bits per heavy atom. The second-order valence-electron chi connectivity index (χ2n) is 5.00. The normalized spacial score (nSPS) is 10.5. The lowest BCUT2D eigenvalue weighted by Crippen LogP contribution is -2.15. The number of aryl methyl sites for hydroxylation is 1. The first-order chi connectivity index (χ1) is 12.0. The molecule has 0 fully saturated rings. The second-order valence-corrected chi connectivity index (χ2v) is 5.00. The van der Waals surface area contributed by atoms with Crippen LogP contribution in [0.1, 0.15) is 16.2 Å². The number of benzene rings is 1. The molecule has 0 saturated carbocycles. The molecule has 0 spiro atoms. The number of primary amides is 1. The number of halogens is 1. The largest absolute Gasteiger partial charge is 0.372 e. The van der Waals surface area contributed by atoms with Crippen molar-refractivity contribution in [3.05, 3.63) is 41.6 Å². The molecule has 128 valence electrons. The SMILES string of the molecule is CNc1nc(Nc2ccc(F)c(-n3nnnc3C)c2)ncc1C(N)=O. The van der Waals surface area contributed by atoms with E-state index in [-0.39, 0.29) is 23.0 Å². The van der Waals surface area contributed by atoms with Crippen molar-refractivity contribution < 1.29 is 9.18 Å². The number of nitrogens with zero attached hydrogens (tertiary/aromatic N) is 6. The van der Waals surface area contributed by atoms with Crippen molar-refractivity contribution in [1.82, 2.24) is 30.2 Å². The number of carbonyl (C=O) groups excluding carboxylic acids is 1. The highest BCUT2D eigenvalue weighted by atomic mass is 19.1. The summed E-state index contributed by atoms with van der Waals surface area (Å²) in [7, 11) is 1.61. The molecule has 0 radical (unpaired) electrons. The predicted octanol–water partition coefficient (Wildman–Crippen LogP) is 0.784. The van der Waals surface area contributed by atoms with Crippen LogP contribution in [0.25, 0.3) is 5.69 Å².